The van der Waals surface area contributed by atoms with Gasteiger partial charge < -0.3 is 5.32 Å². The second-order valence-electron chi connectivity index (χ2n) is 4.41. The van der Waals surface area contributed by atoms with Crippen LogP contribution in [-0.2, 0) is 0 Å². The molecule has 0 saturated heterocycles. The van der Waals surface area contributed by atoms with E-state index in [0.29, 0.717) is 5.92 Å². The van der Waals surface area contributed by atoms with Crippen LogP contribution in [0, 0.1) is 5.92 Å². The molecule has 0 bridgehead atoms. The summed E-state index contributed by atoms with van der Waals surface area (Å²) in [6.07, 6.45) is 1.06. The third kappa shape index (κ3) is 3.97. The maximum absolute atomic E-state index is 6.21. The van der Waals surface area contributed by atoms with E-state index in [0.717, 1.165) is 28.6 Å². The predicted molar refractivity (Wildman–Crippen MR) is 72.3 cm³/mol. The Morgan fingerprint density at radius 3 is 2.50 bits per heavy atom. The van der Waals surface area contributed by atoms with Crippen LogP contribution in [-0.4, -0.2) is 6.54 Å². The van der Waals surface area contributed by atoms with Crippen LogP contribution in [0.3, 0.4) is 0 Å². The van der Waals surface area contributed by atoms with Crippen molar-refractivity contribution < 1.29 is 0 Å². The molecular weight excluding hydrogens is 241 g/mol. The first-order chi connectivity index (χ1) is 7.54. The summed E-state index contributed by atoms with van der Waals surface area (Å²) >= 11 is 12.2. The number of hydrogen-bond acceptors (Lipinski definition) is 1. The van der Waals surface area contributed by atoms with Crippen LogP contribution >= 0.6 is 23.2 Å². The van der Waals surface area contributed by atoms with E-state index in [2.05, 4.69) is 26.1 Å². The van der Waals surface area contributed by atoms with Crippen LogP contribution in [0.4, 0.5) is 0 Å². The molecule has 1 atom stereocenters. The SMILES string of the molecule is CCNC(CC(C)C)c1cc(Cl)ccc1Cl. The summed E-state index contributed by atoms with van der Waals surface area (Å²) in [5.74, 6) is 0.624. The normalized spacial score (nSPS) is 13.1. The fourth-order valence-corrected chi connectivity index (χ4v) is 2.25. The lowest BCUT2D eigenvalue weighted by atomic mass is 9.97. The molecule has 1 aromatic rings. The predicted octanol–water partition coefficient (Wildman–Crippen LogP) is 4.69. The quantitative estimate of drug-likeness (QED) is 0.809. The zero-order valence-corrected chi connectivity index (χ0v) is 11.6. The molecule has 3 heteroatoms. The largest absolute Gasteiger partial charge is 0.310 e. The topological polar surface area (TPSA) is 12.0 Å². The van der Waals surface area contributed by atoms with Crippen LogP contribution in [0.1, 0.15) is 38.8 Å². The van der Waals surface area contributed by atoms with E-state index < -0.39 is 0 Å². The monoisotopic (exact) mass is 259 g/mol. The Bertz CT molecular complexity index is 337. The van der Waals surface area contributed by atoms with Gasteiger partial charge in [0.2, 0.25) is 0 Å². The molecule has 0 aliphatic heterocycles. The molecular formula is C13H19Cl2N. The number of hydrogen-bond donors (Lipinski definition) is 1. The van der Waals surface area contributed by atoms with Gasteiger partial charge in [0.05, 0.1) is 0 Å². The lowest BCUT2D eigenvalue weighted by Crippen LogP contribution is -2.22. The van der Waals surface area contributed by atoms with Crippen molar-refractivity contribution in [1.82, 2.24) is 5.32 Å². The lowest BCUT2D eigenvalue weighted by Gasteiger charge is -2.21. The number of benzene rings is 1. The van der Waals surface area contributed by atoms with Gasteiger partial charge >= 0.3 is 0 Å². The molecule has 1 nitrogen and oxygen atoms in total. The fourth-order valence-electron chi connectivity index (χ4n) is 1.82. The van der Waals surface area contributed by atoms with E-state index in [1.165, 1.54) is 0 Å². The Hall–Kier alpha value is -0.240. The molecule has 0 aliphatic carbocycles. The summed E-state index contributed by atoms with van der Waals surface area (Å²) in [6, 6.07) is 5.94. The lowest BCUT2D eigenvalue weighted by molar-refractivity contribution is 0.438. The molecule has 0 aliphatic rings. The van der Waals surface area contributed by atoms with E-state index in [9.17, 15) is 0 Å². The standard InChI is InChI=1S/C13H19Cl2N/c1-4-16-13(7-9(2)3)11-8-10(14)5-6-12(11)15/h5-6,8-9,13,16H,4,7H2,1-3H3. The average molecular weight is 260 g/mol. The third-order valence-electron chi connectivity index (χ3n) is 2.49. The fraction of sp³-hybridized carbons (Fsp3) is 0.538. The van der Waals surface area contributed by atoms with Crippen LogP contribution < -0.4 is 5.32 Å². The van der Waals surface area contributed by atoms with E-state index in [1.54, 1.807) is 0 Å². The highest BCUT2D eigenvalue weighted by Gasteiger charge is 2.15. The highest BCUT2D eigenvalue weighted by molar-refractivity contribution is 6.33. The molecule has 1 unspecified atom stereocenters. The summed E-state index contributed by atoms with van der Waals surface area (Å²) in [5, 5.41) is 4.98. The second-order valence-corrected chi connectivity index (χ2v) is 5.25. The van der Waals surface area contributed by atoms with Gasteiger partial charge in [-0.3, -0.25) is 0 Å². The van der Waals surface area contributed by atoms with Crippen molar-refractivity contribution in [3.05, 3.63) is 33.8 Å². The van der Waals surface area contributed by atoms with Crippen molar-refractivity contribution in [1.29, 1.82) is 0 Å². The number of halogens is 2. The van der Waals surface area contributed by atoms with Gasteiger partial charge in [0.1, 0.15) is 0 Å². The molecule has 1 aromatic carbocycles. The summed E-state index contributed by atoms with van der Waals surface area (Å²) in [4.78, 5) is 0. The van der Waals surface area contributed by atoms with Gasteiger partial charge in [-0.2, -0.15) is 0 Å². The maximum atomic E-state index is 6.21. The van der Waals surface area contributed by atoms with Gasteiger partial charge in [0.15, 0.2) is 0 Å². The zero-order chi connectivity index (χ0) is 12.1. The highest BCUT2D eigenvalue weighted by Crippen LogP contribution is 2.30. The van der Waals surface area contributed by atoms with Crippen LogP contribution in [0.15, 0.2) is 18.2 Å². The minimum absolute atomic E-state index is 0.288. The van der Waals surface area contributed by atoms with E-state index >= 15 is 0 Å². The average Bonchev–Trinajstić information content (AvgIpc) is 2.20. The van der Waals surface area contributed by atoms with Crippen LogP contribution in [0.25, 0.3) is 0 Å². The highest BCUT2D eigenvalue weighted by atomic mass is 35.5. The van der Waals surface area contributed by atoms with E-state index in [1.807, 2.05) is 18.2 Å². The Labute approximate surface area is 108 Å². The number of rotatable bonds is 5. The first kappa shape index (κ1) is 13.8. The maximum Gasteiger partial charge on any atom is 0.0454 e. The van der Waals surface area contributed by atoms with Crippen molar-refractivity contribution in [2.24, 2.45) is 5.92 Å². The van der Waals surface area contributed by atoms with Crippen molar-refractivity contribution >= 4 is 23.2 Å². The first-order valence-corrected chi connectivity index (χ1v) is 6.48. The Morgan fingerprint density at radius 1 is 1.25 bits per heavy atom. The molecule has 0 radical (unpaired) electrons. The summed E-state index contributed by atoms with van der Waals surface area (Å²) in [6.45, 7) is 7.46. The van der Waals surface area contributed by atoms with Gasteiger partial charge in [0, 0.05) is 16.1 Å². The van der Waals surface area contributed by atoms with Crippen molar-refractivity contribution in [2.75, 3.05) is 6.54 Å². The van der Waals surface area contributed by atoms with Gasteiger partial charge in [-0.05, 0) is 42.6 Å². The second kappa shape index (κ2) is 6.48. The van der Waals surface area contributed by atoms with Crippen molar-refractivity contribution in [3.8, 4) is 0 Å². The molecule has 0 spiro atoms. The molecule has 90 valence electrons. The van der Waals surface area contributed by atoms with E-state index in [4.69, 9.17) is 23.2 Å². The Balaban J connectivity index is 2.94. The minimum atomic E-state index is 0.288. The van der Waals surface area contributed by atoms with Crippen molar-refractivity contribution in [3.63, 3.8) is 0 Å². The summed E-state index contributed by atoms with van der Waals surface area (Å²) in [5.41, 5.74) is 1.10. The van der Waals surface area contributed by atoms with Crippen LogP contribution in [0.5, 0.6) is 0 Å². The molecule has 0 saturated carbocycles. The third-order valence-corrected chi connectivity index (χ3v) is 3.07. The summed E-state index contributed by atoms with van der Waals surface area (Å²) < 4.78 is 0. The Morgan fingerprint density at radius 2 is 1.94 bits per heavy atom. The molecule has 0 fully saturated rings. The minimum Gasteiger partial charge on any atom is -0.310 e. The molecule has 0 heterocycles. The van der Waals surface area contributed by atoms with Gasteiger partial charge in [-0.1, -0.05) is 44.0 Å². The van der Waals surface area contributed by atoms with Crippen LogP contribution in [0.2, 0.25) is 10.0 Å². The molecule has 1 rings (SSSR count). The molecule has 0 amide bonds. The van der Waals surface area contributed by atoms with Gasteiger partial charge in [0.25, 0.3) is 0 Å². The molecule has 16 heavy (non-hydrogen) atoms. The van der Waals surface area contributed by atoms with E-state index in [-0.39, 0.29) is 6.04 Å². The Kier molecular flexibility index (Phi) is 5.60. The van der Waals surface area contributed by atoms with Crippen molar-refractivity contribution in [2.45, 2.75) is 33.2 Å². The zero-order valence-electron chi connectivity index (χ0n) is 10.1. The molecule has 0 aromatic heterocycles. The summed E-state index contributed by atoms with van der Waals surface area (Å²) in [7, 11) is 0. The first-order valence-electron chi connectivity index (χ1n) is 5.73. The number of nitrogens with one attached hydrogen (secondary N) is 1. The van der Waals surface area contributed by atoms with Gasteiger partial charge in [-0.25, -0.2) is 0 Å². The van der Waals surface area contributed by atoms with Gasteiger partial charge in [-0.15, -0.1) is 0 Å². The molecule has 1 N–H and O–H groups in total. The smallest absolute Gasteiger partial charge is 0.0454 e.